The SMILES string of the molecule is Cc1cc(Cl)ccc1OCc1csc(C(=O)Nc2c(C)nn(Cc3c(C)nn(C)c3C)c2C)c1. The van der Waals surface area contributed by atoms with Crippen molar-refractivity contribution in [3.05, 3.63) is 79.0 Å². The lowest BCUT2D eigenvalue weighted by Crippen LogP contribution is -2.12. The zero-order chi connectivity index (χ0) is 24.6. The Morgan fingerprint density at radius 1 is 1.09 bits per heavy atom. The van der Waals surface area contributed by atoms with Crippen LogP contribution >= 0.6 is 22.9 Å². The molecule has 4 rings (SSSR count). The Bertz CT molecular complexity index is 1370. The highest BCUT2D eigenvalue weighted by Gasteiger charge is 2.19. The molecule has 0 unspecified atom stereocenters. The summed E-state index contributed by atoms with van der Waals surface area (Å²) in [6.45, 7) is 10.9. The number of aromatic nitrogens is 4. The third-order valence-corrected chi connectivity index (χ3v) is 7.21. The van der Waals surface area contributed by atoms with Crippen molar-refractivity contribution in [3.8, 4) is 5.75 Å². The summed E-state index contributed by atoms with van der Waals surface area (Å²) in [6.07, 6.45) is 0. The first-order valence-corrected chi connectivity index (χ1v) is 12.2. The summed E-state index contributed by atoms with van der Waals surface area (Å²) in [4.78, 5) is 13.6. The molecule has 3 heterocycles. The van der Waals surface area contributed by atoms with Crippen LogP contribution < -0.4 is 10.1 Å². The van der Waals surface area contributed by atoms with Crippen molar-refractivity contribution in [2.75, 3.05) is 5.32 Å². The fraction of sp³-hybridized carbons (Fsp3) is 0.320. The number of nitrogens with one attached hydrogen (secondary N) is 1. The lowest BCUT2D eigenvalue weighted by molar-refractivity contribution is 0.103. The van der Waals surface area contributed by atoms with E-state index < -0.39 is 0 Å². The maximum Gasteiger partial charge on any atom is 0.265 e. The second-order valence-corrected chi connectivity index (χ2v) is 9.80. The number of amides is 1. The predicted octanol–water partition coefficient (Wildman–Crippen LogP) is 5.75. The number of nitrogens with zero attached hydrogens (tertiary/aromatic N) is 4. The van der Waals surface area contributed by atoms with Crippen molar-refractivity contribution in [3.63, 3.8) is 0 Å². The first-order chi connectivity index (χ1) is 16.1. The molecule has 0 saturated heterocycles. The molecule has 0 spiro atoms. The zero-order valence-electron chi connectivity index (χ0n) is 20.2. The van der Waals surface area contributed by atoms with Gasteiger partial charge in [-0.3, -0.25) is 14.2 Å². The number of carbonyl (C=O) groups is 1. The van der Waals surface area contributed by atoms with Gasteiger partial charge in [0.2, 0.25) is 0 Å². The molecule has 0 aliphatic heterocycles. The maximum atomic E-state index is 13.0. The molecule has 3 aromatic heterocycles. The number of halogens is 1. The molecule has 0 fully saturated rings. The highest BCUT2D eigenvalue weighted by Crippen LogP contribution is 2.26. The molecule has 9 heteroatoms. The zero-order valence-corrected chi connectivity index (χ0v) is 21.8. The first-order valence-electron chi connectivity index (χ1n) is 10.9. The summed E-state index contributed by atoms with van der Waals surface area (Å²) in [6, 6.07) is 7.39. The number of thiophene rings is 1. The van der Waals surface area contributed by atoms with Gasteiger partial charge < -0.3 is 10.1 Å². The van der Waals surface area contributed by atoms with Crippen LogP contribution in [0.3, 0.4) is 0 Å². The van der Waals surface area contributed by atoms with E-state index in [1.807, 2.05) is 67.7 Å². The molecule has 0 radical (unpaired) electrons. The van der Waals surface area contributed by atoms with Crippen molar-refractivity contribution in [1.29, 1.82) is 0 Å². The van der Waals surface area contributed by atoms with Gasteiger partial charge in [-0.15, -0.1) is 11.3 Å². The Balaban J connectivity index is 1.44. The highest BCUT2D eigenvalue weighted by atomic mass is 35.5. The largest absolute Gasteiger partial charge is 0.489 e. The van der Waals surface area contributed by atoms with Crippen LogP contribution in [0.15, 0.2) is 29.6 Å². The molecule has 0 aliphatic carbocycles. The van der Waals surface area contributed by atoms with Crippen LogP contribution in [-0.2, 0) is 20.2 Å². The van der Waals surface area contributed by atoms with E-state index in [0.29, 0.717) is 23.1 Å². The van der Waals surface area contributed by atoms with E-state index in [1.165, 1.54) is 11.3 Å². The van der Waals surface area contributed by atoms with Crippen LogP contribution in [0.25, 0.3) is 0 Å². The number of hydrogen-bond donors (Lipinski definition) is 1. The monoisotopic (exact) mass is 497 g/mol. The Morgan fingerprint density at radius 2 is 1.85 bits per heavy atom. The molecule has 0 saturated carbocycles. The van der Waals surface area contributed by atoms with Crippen LogP contribution in [0, 0.1) is 34.6 Å². The lowest BCUT2D eigenvalue weighted by atomic mass is 10.2. The van der Waals surface area contributed by atoms with Crippen molar-refractivity contribution in [2.24, 2.45) is 7.05 Å². The molecule has 1 aromatic carbocycles. The van der Waals surface area contributed by atoms with Crippen LogP contribution in [0.4, 0.5) is 5.69 Å². The van der Waals surface area contributed by atoms with Crippen molar-refractivity contribution in [2.45, 2.75) is 47.8 Å². The van der Waals surface area contributed by atoms with Crippen LogP contribution in [0.2, 0.25) is 5.02 Å². The third-order valence-electron chi connectivity index (χ3n) is 6.00. The van der Waals surface area contributed by atoms with Gasteiger partial charge in [0.15, 0.2) is 0 Å². The van der Waals surface area contributed by atoms with E-state index in [4.69, 9.17) is 16.3 Å². The topological polar surface area (TPSA) is 74.0 Å². The molecule has 1 amide bonds. The van der Waals surface area contributed by atoms with E-state index in [1.54, 1.807) is 6.07 Å². The van der Waals surface area contributed by atoms with Gasteiger partial charge in [-0.25, -0.2) is 0 Å². The number of hydrogen-bond acceptors (Lipinski definition) is 5. The van der Waals surface area contributed by atoms with E-state index >= 15 is 0 Å². The molecule has 0 aliphatic rings. The van der Waals surface area contributed by atoms with Gasteiger partial charge in [0.25, 0.3) is 5.91 Å². The highest BCUT2D eigenvalue weighted by molar-refractivity contribution is 7.12. The second kappa shape index (κ2) is 9.64. The van der Waals surface area contributed by atoms with Crippen LogP contribution in [0.5, 0.6) is 5.75 Å². The summed E-state index contributed by atoms with van der Waals surface area (Å²) in [7, 11) is 1.94. The molecule has 7 nitrogen and oxygen atoms in total. The van der Waals surface area contributed by atoms with Gasteiger partial charge in [-0.1, -0.05) is 11.6 Å². The van der Waals surface area contributed by atoms with Crippen molar-refractivity contribution < 1.29 is 9.53 Å². The van der Waals surface area contributed by atoms with Gasteiger partial charge >= 0.3 is 0 Å². The fourth-order valence-electron chi connectivity index (χ4n) is 3.91. The molecule has 0 bridgehead atoms. The molecule has 1 N–H and O–H groups in total. The van der Waals surface area contributed by atoms with Crippen molar-refractivity contribution in [1.82, 2.24) is 19.6 Å². The van der Waals surface area contributed by atoms with E-state index in [0.717, 1.165) is 50.9 Å². The quantitative estimate of drug-likeness (QED) is 0.352. The number of anilines is 1. The molecule has 0 atom stereocenters. The summed E-state index contributed by atoms with van der Waals surface area (Å²) in [5.41, 5.74) is 7.58. The maximum absolute atomic E-state index is 13.0. The lowest BCUT2D eigenvalue weighted by Gasteiger charge is -2.08. The first kappa shape index (κ1) is 24.0. The summed E-state index contributed by atoms with van der Waals surface area (Å²) in [5.74, 6) is 0.623. The number of carbonyl (C=O) groups excluding carboxylic acids is 1. The second-order valence-electron chi connectivity index (χ2n) is 8.45. The minimum Gasteiger partial charge on any atom is -0.489 e. The Morgan fingerprint density at radius 3 is 2.53 bits per heavy atom. The van der Waals surface area contributed by atoms with E-state index in [2.05, 4.69) is 22.4 Å². The average Bonchev–Trinajstić information content (AvgIpc) is 3.43. The van der Waals surface area contributed by atoms with Gasteiger partial charge in [0, 0.05) is 28.9 Å². The number of rotatable bonds is 7. The standard InChI is InChI=1S/C25H28ClN5O2S/c1-14-9-20(26)7-8-22(14)33-12-19-10-23(34-13-19)25(32)27-24-16(3)29-31(18(24)5)11-21-15(2)28-30(6)17(21)4/h7-10,13H,11-12H2,1-6H3,(H,27,32). The normalized spacial score (nSPS) is 11.1. The Labute approximate surface area is 208 Å². The molecular weight excluding hydrogens is 470 g/mol. The third kappa shape index (κ3) is 4.88. The smallest absolute Gasteiger partial charge is 0.265 e. The van der Waals surface area contributed by atoms with Gasteiger partial charge in [-0.05, 0) is 69.8 Å². The number of aryl methyl sites for hydroxylation is 4. The molecular formula is C25H28ClN5O2S. The van der Waals surface area contributed by atoms with E-state index in [9.17, 15) is 4.79 Å². The van der Waals surface area contributed by atoms with Crippen LogP contribution in [0.1, 0.15) is 49.1 Å². The van der Waals surface area contributed by atoms with Gasteiger partial charge in [0.05, 0.1) is 34.2 Å². The predicted molar refractivity (Wildman–Crippen MR) is 136 cm³/mol. The van der Waals surface area contributed by atoms with Gasteiger partial charge in [0.1, 0.15) is 12.4 Å². The van der Waals surface area contributed by atoms with Crippen LogP contribution in [-0.4, -0.2) is 25.5 Å². The molecule has 4 aromatic rings. The minimum atomic E-state index is -0.154. The minimum absolute atomic E-state index is 0.154. The number of benzene rings is 1. The fourth-order valence-corrected chi connectivity index (χ4v) is 4.93. The molecule has 178 valence electrons. The Kier molecular flexibility index (Phi) is 6.81. The van der Waals surface area contributed by atoms with Crippen molar-refractivity contribution >= 4 is 34.5 Å². The average molecular weight is 498 g/mol. The summed E-state index contributed by atoms with van der Waals surface area (Å²) < 4.78 is 9.71. The van der Waals surface area contributed by atoms with E-state index in [-0.39, 0.29) is 5.91 Å². The van der Waals surface area contributed by atoms with Gasteiger partial charge in [-0.2, -0.15) is 10.2 Å². The number of ether oxygens (including phenoxy) is 1. The molecule has 34 heavy (non-hydrogen) atoms. The summed E-state index contributed by atoms with van der Waals surface area (Å²) >= 11 is 7.40. The summed E-state index contributed by atoms with van der Waals surface area (Å²) in [5, 5.41) is 14.8. The Hall–Kier alpha value is -3.10.